The molecule has 0 aliphatic carbocycles. The molecule has 0 aliphatic heterocycles. The summed E-state index contributed by atoms with van der Waals surface area (Å²) < 4.78 is 5.35. The smallest absolute Gasteiger partial charge is 0.246 e. The lowest BCUT2D eigenvalue weighted by Crippen LogP contribution is -2.11. The van der Waals surface area contributed by atoms with E-state index in [2.05, 4.69) is 22.2 Å². The zero-order valence-electron chi connectivity index (χ0n) is 8.78. The molecular weight excluding hydrogens is 210 g/mol. The first-order valence-electron chi connectivity index (χ1n) is 4.87. The van der Waals surface area contributed by atoms with Crippen molar-refractivity contribution >= 4 is 11.3 Å². The molecule has 0 amide bonds. The van der Waals surface area contributed by atoms with Crippen LogP contribution in [0.25, 0.3) is 11.6 Å². The number of nitrogens with zero attached hydrogens (tertiary/aromatic N) is 2. The van der Waals surface area contributed by atoms with Crippen LogP contribution in [0.2, 0.25) is 0 Å². The van der Waals surface area contributed by atoms with Crippen molar-refractivity contribution in [3.8, 4) is 11.6 Å². The monoisotopic (exact) mass is 223 g/mol. The Bertz CT molecular complexity index is 435. The summed E-state index contributed by atoms with van der Waals surface area (Å²) in [7, 11) is 0. The average Bonchev–Trinajstić information content (AvgIpc) is 2.83. The number of rotatable bonds is 4. The SMILES string of the molecule is CCNCc1coc(-c2csc(C)n2)n1. The summed E-state index contributed by atoms with van der Waals surface area (Å²) in [5.74, 6) is 0.604. The van der Waals surface area contributed by atoms with E-state index in [9.17, 15) is 0 Å². The molecule has 2 rings (SSSR count). The van der Waals surface area contributed by atoms with Gasteiger partial charge in [0.25, 0.3) is 0 Å². The lowest BCUT2D eigenvalue weighted by atomic mass is 10.4. The Labute approximate surface area is 92.4 Å². The Morgan fingerprint density at radius 3 is 3.00 bits per heavy atom. The molecule has 2 heterocycles. The van der Waals surface area contributed by atoms with Gasteiger partial charge in [-0.1, -0.05) is 6.92 Å². The van der Waals surface area contributed by atoms with Gasteiger partial charge in [-0.05, 0) is 13.5 Å². The number of hydrogen-bond acceptors (Lipinski definition) is 5. The summed E-state index contributed by atoms with van der Waals surface area (Å²) in [4.78, 5) is 8.66. The highest BCUT2D eigenvalue weighted by molar-refractivity contribution is 7.09. The third-order valence-electron chi connectivity index (χ3n) is 1.95. The molecule has 0 radical (unpaired) electrons. The van der Waals surface area contributed by atoms with Crippen molar-refractivity contribution in [2.45, 2.75) is 20.4 Å². The maximum absolute atomic E-state index is 5.35. The van der Waals surface area contributed by atoms with Crippen molar-refractivity contribution in [2.24, 2.45) is 0 Å². The van der Waals surface area contributed by atoms with Crippen molar-refractivity contribution in [1.29, 1.82) is 0 Å². The van der Waals surface area contributed by atoms with E-state index in [4.69, 9.17) is 4.42 Å². The van der Waals surface area contributed by atoms with Crippen LogP contribution in [-0.4, -0.2) is 16.5 Å². The fourth-order valence-electron chi connectivity index (χ4n) is 1.22. The average molecular weight is 223 g/mol. The Morgan fingerprint density at radius 1 is 1.47 bits per heavy atom. The van der Waals surface area contributed by atoms with Crippen LogP contribution in [0.1, 0.15) is 17.6 Å². The number of nitrogens with one attached hydrogen (secondary N) is 1. The summed E-state index contributed by atoms with van der Waals surface area (Å²) in [5.41, 5.74) is 1.73. The molecule has 0 saturated carbocycles. The summed E-state index contributed by atoms with van der Waals surface area (Å²) >= 11 is 1.60. The fourth-order valence-corrected chi connectivity index (χ4v) is 1.81. The molecule has 5 heteroatoms. The molecule has 15 heavy (non-hydrogen) atoms. The van der Waals surface area contributed by atoms with Crippen molar-refractivity contribution in [3.63, 3.8) is 0 Å². The molecule has 0 bridgehead atoms. The first-order valence-corrected chi connectivity index (χ1v) is 5.75. The van der Waals surface area contributed by atoms with Crippen LogP contribution in [0.5, 0.6) is 0 Å². The van der Waals surface area contributed by atoms with Gasteiger partial charge < -0.3 is 9.73 Å². The van der Waals surface area contributed by atoms with Crippen molar-refractivity contribution < 1.29 is 4.42 Å². The van der Waals surface area contributed by atoms with Crippen LogP contribution in [0, 0.1) is 6.92 Å². The second-order valence-electron chi connectivity index (χ2n) is 3.18. The Balaban J connectivity index is 2.13. The summed E-state index contributed by atoms with van der Waals surface area (Å²) in [6.45, 7) is 5.70. The standard InChI is InChI=1S/C10H13N3OS/c1-3-11-4-8-5-14-10(13-8)9-6-15-7(2)12-9/h5-6,11H,3-4H2,1-2H3. The van der Waals surface area contributed by atoms with Crippen LogP contribution >= 0.6 is 11.3 Å². The van der Waals surface area contributed by atoms with E-state index in [-0.39, 0.29) is 0 Å². The third kappa shape index (κ3) is 2.43. The molecule has 1 N–H and O–H groups in total. The molecule has 2 aromatic heterocycles. The van der Waals surface area contributed by atoms with E-state index in [1.54, 1.807) is 17.6 Å². The molecule has 80 valence electrons. The van der Waals surface area contributed by atoms with E-state index in [1.807, 2.05) is 12.3 Å². The molecule has 0 spiro atoms. The van der Waals surface area contributed by atoms with Crippen LogP contribution in [0.3, 0.4) is 0 Å². The summed E-state index contributed by atoms with van der Waals surface area (Å²) in [6, 6.07) is 0. The van der Waals surface area contributed by atoms with Gasteiger partial charge in [0, 0.05) is 11.9 Å². The minimum absolute atomic E-state index is 0.604. The van der Waals surface area contributed by atoms with Crippen LogP contribution in [-0.2, 0) is 6.54 Å². The van der Waals surface area contributed by atoms with Gasteiger partial charge in [0.1, 0.15) is 12.0 Å². The highest BCUT2D eigenvalue weighted by Gasteiger charge is 2.08. The summed E-state index contributed by atoms with van der Waals surface area (Å²) in [5, 5.41) is 6.18. The number of aromatic nitrogens is 2. The molecule has 2 aromatic rings. The molecule has 4 nitrogen and oxygen atoms in total. The largest absolute Gasteiger partial charge is 0.443 e. The molecule has 0 unspecified atom stereocenters. The Kier molecular flexibility index (Phi) is 3.13. The van der Waals surface area contributed by atoms with Crippen molar-refractivity contribution in [3.05, 3.63) is 22.3 Å². The quantitative estimate of drug-likeness (QED) is 0.863. The Morgan fingerprint density at radius 2 is 2.33 bits per heavy atom. The van der Waals surface area contributed by atoms with E-state index in [1.165, 1.54) is 0 Å². The van der Waals surface area contributed by atoms with Gasteiger partial charge in [0.2, 0.25) is 5.89 Å². The highest BCUT2D eigenvalue weighted by Crippen LogP contribution is 2.20. The number of hydrogen-bond donors (Lipinski definition) is 1. The predicted octanol–water partition coefficient (Wildman–Crippen LogP) is 2.22. The van der Waals surface area contributed by atoms with Gasteiger partial charge in [-0.2, -0.15) is 0 Å². The van der Waals surface area contributed by atoms with Crippen molar-refractivity contribution in [1.82, 2.24) is 15.3 Å². The van der Waals surface area contributed by atoms with Crippen molar-refractivity contribution in [2.75, 3.05) is 6.54 Å². The maximum atomic E-state index is 5.35. The lowest BCUT2D eigenvalue weighted by Gasteiger charge is -1.93. The zero-order chi connectivity index (χ0) is 10.7. The topological polar surface area (TPSA) is 51.0 Å². The number of aryl methyl sites for hydroxylation is 1. The number of oxazole rings is 1. The van der Waals surface area contributed by atoms with E-state index in [0.717, 1.165) is 29.5 Å². The second-order valence-corrected chi connectivity index (χ2v) is 4.24. The minimum atomic E-state index is 0.604. The predicted molar refractivity (Wildman–Crippen MR) is 59.7 cm³/mol. The molecule has 0 aromatic carbocycles. The molecule has 0 aliphatic rings. The normalized spacial score (nSPS) is 10.8. The molecule has 0 fully saturated rings. The van der Waals surface area contributed by atoms with Crippen LogP contribution in [0.4, 0.5) is 0 Å². The minimum Gasteiger partial charge on any atom is -0.443 e. The van der Waals surface area contributed by atoms with Gasteiger partial charge in [0.05, 0.1) is 10.7 Å². The maximum Gasteiger partial charge on any atom is 0.246 e. The third-order valence-corrected chi connectivity index (χ3v) is 2.72. The van der Waals surface area contributed by atoms with Gasteiger partial charge in [-0.3, -0.25) is 0 Å². The van der Waals surface area contributed by atoms with Crippen LogP contribution < -0.4 is 5.32 Å². The second kappa shape index (κ2) is 4.55. The van der Waals surface area contributed by atoms with Gasteiger partial charge in [0.15, 0.2) is 0 Å². The van der Waals surface area contributed by atoms with Gasteiger partial charge in [-0.15, -0.1) is 11.3 Å². The molecule has 0 atom stereocenters. The number of thiazole rings is 1. The summed E-state index contributed by atoms with van der Waals surface area (Å²) in [6.07, 6.45) is 1.67. The van der Waals surface area contributed by atoms with Gasteiger partial charge >= 0.3 is 0 Å². The van der Waals surface area contributed by atoms with E-state index in [0.29, 0.717) is 5.89 Å². The fraction of sp³-hybridized carbons (Fsp3) is 0.400. The zero-order valence-corrected chi connectivity index (χ0v) is 9.60. The first kappa shape index (κ1) is 10.3. The van der Waals surface area contributed by atoms with Crippen LogP contribution in [0.15, 0.2) is 16.1 Å². The Hall–Kier alpha value is -1.20. The van der Waals surface area contributed by atoms with E-state index >= 15 is 0 Å². The molecular formula is C10H13N3OS. The van der Waals surface area contributed by atoms with E-state index < -0.39 is 0 Å². The molecule has 0 saturated heterocycles. The first-order chi connectivity index (χ1) is 7.29. The lowest BCUT2D eigenvalue weighted by molar-refractivity contribution is 0.568. The van der Waals surface area contributed by atoms with Gasteiger partial charge in [-0.25, -0.2) is 9.97 Å². The highest BCUT2D eigenvalue weighted by atomic mass is 32.1.